The molecule has 6 nitrogen and oxygen atoms in total. The first kappa shape index (κ1) is 14.8. The van der Waals surface area contributed by atoms with Gasteiger partial charge in [-0.15, -0.1) is 0 Å². The molecule has 23 heavy (non-hydrogen) atoms. The summed E-state index contributed by atoms with van der Waals surface area (Å²) in [5.41, 5.74) is 1.14. The number of carbonyl (C=O) groups is 1. The van der Waals surface area contributed by atoms with Gasteiger partial charge < -0.3 is 10.1 Å². The number of ether oxygens (including phenoxy) is 1. The molecule has 2 aromatic heterocycles. The van der Waals surface area contributed by atoms with E-state index in [2.05, 4.69) is 15.4 Å². The average molecular weight is 308 g/mol. The van der Waals surface area contributed by atoms with Gasteiger partial charge in [-0.05, 0) is 49.4 Å². The fourth-order valence-electron chi connectivity index (χ4n) is 2.13. The SMILES string of the molecule is CCOc1ccc(C(=O)Nc2cccnc2-n2cccn2)cc1. The summed E-state index contributed by atoms with van der Waals surface area (Å²) in [5, 5.41) is 7.01. The lowest BCUT2D eigenvalue weighted by atomic mass is 10.2. The summed E-state index contributed by atoms with van der Waals surface area (Å²) in [6.07, 6.45) is 5.09. The minimum atomic E-state index is -0.213. The van der Waals surface area contributed by atoms with Crippen LogP contribution >= 0.6 is 0 Å². The van der Waals surface area contributed by atoms with Crippen molar-refractivity contribution in [2.24, 2.45) is 0 Å². The van der Waals surface area contributed by atoms with Crippen molar-refractivity contribution in [3.63, 3.8) is 0 Å². The van der Waals surface area contributed by atoms with Crippen molar-refractivity contribution in [1.82, 2.24) is 14.8 Å². The first-order valence-corrected chi connectivity index (χ1v) is 7.27. The summed E-state index contributed by atoms with van der Waals surface area (Å²) in [6.45, 7) is 2.51. The summed E-state index contributed by atoms with van der Waals surface area (Å²) in [4.78, 5) is 16.7. The van der Waals surface area contributed by atoms with E-state index < -0.39 is 0 Å². The van der Waals surface area contributed by atoms with Crippen molar-refractivity contribution in [3.05, 3.63) is 66.6 Å². The highest BCUT2D eigenvalue weighted by Crippen LogP contribution is 2.18. The largest absolute Gasteiger partial charge is 0.494 e. The second-order valence-corrected chi connectivity index (χ2v) is 4.74. The molecular formula is C17H16N4O2. The third-order valence-electron chi connectivity index (χ3n) is 3.18. The molecule has 1 aromatic carbocycles. The van der Waals surface area contributed by atoms with E-state index in [4.69, 9.17) is 4.74 Å². The van der Waals surface area contributed by atoms with Gasteiger partial charge >= 0.3 is 0 Å². The van der Waals surface area contributed by atoms with Gasteiger partial charge in [0.05, 0.1) is 12.3 Å². The van der Waals surface area contributed by atoms with Crippen molar-refractivity contribution in [3.8, 4) is 11.6 Å². The fourth-order valence-corrected chi connectivity index (χ4v) is 2.13. The van der Waals surface area contributed by atoms with Gasteiger partial charge in [-0.3, -0.25) is 4.79 Å². The molecule has 0 saturated carbocycles. The van der Waals surface area contributed by atoms with Crippen LogP contribution in [0, 0.1) is 0 Å². The number of rotatable bonds is 5. The Morgan fingerprint density at radius 3 is 2.70 bits per heavy atom. The number of nitrogens with one attached hydrogen (secondary N) is 1. The zero-order chi connectivity index (χ0) is 16.1. The molecule has 1 amide bonds. The number of anilines is 1. The van der Waals surface area contributed by atoms with Crippen LogP contribution in [0.2, 0.25) is 0 Å². The quantitative estimate of drug-likeness (QED) is 0.787. The molecule has 0 unspecified atom stereocenters. The van der Waals surface area contributed by atoms with E-state index in [1.54, 1.807) is 65.7 Å². The molecule has 0 aliphatic rings. The Bertz CT molecular complexity index is 783. The number of pyridine rings is 1. The maximum absolute atomic E-state index is 12.4. The maximum Gasteiger partial charge on any atom is 0.255 e. The number of carbonyl (C=O) groups excluding carboxylic acids is 1. The third kappa shape index (κ3) is 3.37. The Morgan fingerprint density at radius 1 is 1.17 bits per heavy atom. The summed E-state index contributed by atoms with van der Waals surface area (Å²) in [5.74, 6) is 1.09. The lowest BCUT2D eigenvalue weighted by Gasteiger charge is -2.10. The summed E-state index contributed by atoms with van der Waals surface area (Å²) >= 11 is 0. The lowest BCUT2D eigenvalue weighted by molar-refractivity contribution is 0.102. The molecule has 0 atom stereocenters. The Hall–Kier alpha value is -3.15. The van der Waals surface area contributed by atoms with Crippen LogP contribution in [-0.4, -0.2) is 27.3 Å². The lowest BCUT2D eigenvalue weighted by Crippen LogP contribution is -2.14. The van der Waals surface area contributed by atoms with Gasteiger partial charge in [0.1, 0.15) is 5.75 Å². The van der Waals surface area contributed by atoms with Crippen LogP contribution in [0.4, 0.5) is 5.69 Å². The molecule has 0 bridgehead atoms. The predicted molar refractivity (Wildman–Crippen MR) is 86.9 cm³/mol. The Labute approximate surface area is 133 Å². The molecule has 116 valence electrons. The molecule has 6 heteroatoms. The summed E-state index contributed by atoms with van der Waals surface area (Å²) < 4.78 is 6.98. The van der Waals surface area contributed by atoms with Crippen LogP contribution in [0.15, 0.2) is 61.1 Å². The highest BCUT2D eigenvalue weighted by molar-refractivity contribution is 6.05. The van der Waals surface area contributed by atoms with Crippen LogP contribution in [0.1, 0.15) is 17.3 Å². The van der Waals surface area contributed by atoms with Gasteiger partial charge in [0.15, 0.2) is 5.82 Å². The number of amides is 1. The monoisotopic (exact) mass is 308 g/mol. The molecule has 3 rings (SSSR count). The van der Waals surface area contributed by atoms with Crippen molar-refractivity contribution in [1.29, 1.82) is 0 Å². The van der Waals surface area contributed by atoms with Crippen LogP contribution in [0.5, 0.6) is 5.75 Å². The van der Waals surface area contributed by atoms with E-state index in [0.29, 0.717) is 23.7 Å². The average Bonchev–Trinajstić information content (AvgIpc) is 3.10. The Balaban J connectivity index is 1.81. The van der Waals surface area contributed by atoms with Gasteiger partial charge in [0, 0.05) is 24.2 Å². The topological polar surface area (TPSA) is 69.0 Å². The van der Waals surface area contributed by atoms with Gasteiger partial charge in [-0.2, -0.15) is 5.10 Å². The van der Waals surface area contributed by atoms with Crippen LogP contribution in [0.25, 0.3) is 5.82 Å². The first-order valence-electron chi connectivity index (χ1n) is 7.27. The van der Waals surface area contributed by atoms with E-state index >= 15 is 0 Å². The maximum atomic E-state index is 12.4. The van der Waals surface area contributed by atoms with Gasteiger partial charge in [-0.1, -0.05) is 0 Å². The summed E-state index contributed by atoms with van der Waals surface area (Å²) in [6, 6.07) is 12.4. The number of benzene rings is 1. The van der Waals surface area contributed by atoms with E-state index in [1.165, 1.54) is 0 Å². The molecule has 0 radical (unpaired) electrons. The van der Waals surface area contributed by atoms with Crippen LogP contribution in [-0.2, 0) is 0 Å². The minimum absolute atomic E-state index is 0.213. The molecule has 3 aromatic rings. The van der Waals surface area contributed by atoms with Crippen molar-refractivity contribution < 1.29 is 9.53 Å². The molecule has 1 N–H and O–H groups in total. The second-order valence-electron chi connectivity index (χ2n) is 4.74. The molecule has 2 heterocycles. The van der Waals surface area contributed by atoms with E-state index in [9.17, 15) is 4.79 Å². The number of hydrogen-bond donors (Lipinski definition) is 1. The predicted octanol–water partition coefficient (Wildman–Crippen LogP) is 2.92. The van der Waals surface area contributed by atoms with Gasteiger partial charge in [-0.25, -0.2) is 9.67 Å². The van der Waals surface area contributed by atoms with E-state index in [-0.39, 0.29) is 5.91 Å². The van der Waals surface area contributed by atoms with E-state index in [1.807, 2.05) is 6.92 Å². The smallest absolute Gasteiger partial charge is 0.255 e. The van der Waals surface area contributed by atoms with Crippen LogP contribution < -0.4 is 10.1 Å². The highest BCUT2D eigenvalue weighted by atomic mass is 16.5. The Morgan fingerprint density at radius 2 is 2.00 bits per heavy atom. The molecular weight excluding hydrogens is 292 g/mol. The van der Waals surface area contributed by atoms with Crippen molar-refractivity contribution in [2.45, 2.75) is 6.92 Å². The zero-order valence-electron chi connectivity index (χ0n) is 12.6. The highest BCUT2D eigenvalue weighted by Gasteiger charge is 2.11. The summed E-state index contributed by atoms with van der Waals surface area (Å²) in [7, 11) is 0. The van der Waals surface area contributed by atoms with Crippen LogP contribution in [0.3, 0.4) is 0 Å². The fraction of sp³-hybridized carbons (Fsp3) is 0.118. The minimum Gasteiger partial charge on any atom is -0.494 e. The number of hydrogen-bond acceptors (Lipinski definition) is 4. The zero-order valence-corrected chi connectivity index (χ0v) is 12.6. The van der Waals surface area contributed by atoms with Crippen molar-refractivity contribution in [2.75, 3.05) is 11.9 Å². The van der Waals surface area contributed by atoms with Gasteiger partial charge in [0.2, 0.25) is 0 Å². The first-order chi connectivity index (χ1) is 11.3. The second kappa shape index (κ2) is 6.74. The molecule has 0 spiro atoms. The molecule has 0 fully saturated rings. The van der Waals surface area contributed by atoms with E-state index in [0.717, 1.165) is 5.75 Å². The standard InChI is InChI=1S/C17H16N4O2/c1-2-23-14-8-6-13(7-9-14)17(22)20-15-5-3-10-18-16(15)21-12-4-11-19-21/h3-12H,2H2,1H3,(H,20,22). The third-order valence-corrected chi connectivity index (χ3v) is 3.18. The normalized spacial score (nSPS) is 10.3. The van der Waals surface area contributed by atoms with Crippen molar-refractivity contribution >= 4 is 11.6 Å². The molecule has 0 aliphatic heterocycles. The number of nitrogens with zero attached hydrogens (tertiary/aromatic N) is 3. The molecule has 0 aliphatic carbocycles. The van der Waals surface area contributed by atoms with Gasteiger partial charge in [0.25, 0.3) is 5.91 Å². The number of aromatic nitrogens is 3. The molecule has 0 saturated heterocycles. The Kier molecular flexibility index (Phi) is 4.33.